The molecular weight excluding hydrogens is 288 g/mol. The third kappa shape index (κ3) is 3.22. The number of ether oxygens (including phenoxy) is 1. The van der Waals surface area contributed by atoms with Crippen LogP contribution < -0.4 is 11.1 Å². The van der Waals surface area contributed by atoms with Crippen molar-refractivity contribution in [2.45, 2.75) is 71.4 Å². The zero-order valence-corrected chi connectivity index (χ0v) is 14.6. The van der Waals surface area contributed by atoms with Gasteiger partial charge in [-0.2, -0.15) is 0 Å². The van der Waals surface area contributed by atoms with Gasteiger partial charge in [-0.15, -0.1) is 12.4 Å². The van der Waals surface area contributed by atoms with Crippen molar-refractivity contribution in [3.05, 3.63) is 0 Å². The van der Waals surface area contributed by atoms with Crippen LogP contribution in [0.1, 0.15) is 59.8 Å². The lowest BCUT2D eigenvalue weighted by atomic mass is 9.54. The fourth-order valence-corrected chi connectivity index (χ4v) is 3.47. The fourth-order valence-electron chi connectivity index (χ4n) is 3.47. The Morgan fingerprint density at radius 2 is 1.95 bits per heavy atom. The first-order valence-corrected chi connectivity index (χ1v) is 8.00. The van der Waals surface area contributed by atoms with Crippen LogP contribution in [0.15, 0.2) is 0 Å². The van der Waals surface area contributed by atoms with Gasteiger partial charge in [0.15, 0.2) is 0 Å². The minimum atomic E-state index is -0.783. The van der Waals surface area contributed by atoms with Crippen LogP contribution in [0, 0.1) is 10.8 Å². The Balaban J connectivity index is 0.00000220. The SMILES string of the molecule is CCCC1(CNC(=O)C2(N)CC(OCC)C2(C)C)CC1.Cl. The summed E-state index contributed by atoms with van der Waals surface area (Å²) in [7, 11) is 0. The Kier molecular flexibility index (Phi) is 5.73. The molecule has 2 fully saturated rings. The molecule has 2 rings (SSSR count). The summed E-state index contributed by atoms with van der Waals surface area (Å²) in [4.78, 5) is 12.5. The molecule has 5 heteroatoms. The second kappa shape index (κ2) is 6.43. The highest BCUT2D eigenvalue weighted by Crippen LogP contribution is 2.51. The van der Waals surface area contributed by atoms with Gasteiger partial charge >= 0.3 is 0 Å². The molecule has 0 aliphatic heterocycles. The van der Waals surface area contributed by atoms with Crippen LogP contribution in [0.3, 0.4) is 0 Å². The first kappa shape index (κ1) is 18.7. The average Bonchev–Trinajstić information content (AvgIpc) is 3.16. The van der Waals surface area contributed by atoms with E-state index < -0.39 is 5.54 Å². The predicted octanol–water partition coefficient (Wildman–Crippen LogP) is 2.64. The molecule has 0 bridgehead atoms. The molecule has 2 saturated carbocycles. The number of carbonyl (C=O) groups excluding carboxylic acids is 1. The molecule has 2 unspecified atom stereocenters. The highest BCUT2D eigenvalue weighted by molar-refractivity contribution is 5.88. The quantitative estimate of drug-likeness (QED) is 0.758. The number of nitrogens with two attached hydrogens (primary N) is 1. The molecule has 3 N–H and O–H groups in total. The predicted molar refractivity (Wildman–Crippen MR) is 87.6 cm³/mol. The van der Waals surface area contributed by atoms with Crippen molar-refractivity contribution in [3.8, 4) is 0 Å². The molecule has 21 heavy (non-hydrogen) atoms. The Morgan fingerprint density at radius 1 is 1.33 bits per heavy atom. The standard InChI is InChI=1S/C16H30N2O2.ClH/c1-5-7-15(8-9-15)11-18-13(19)16(17)10-12(20-6-2)14(16,3)4;/h12H,5-11,17H2,1-4H3,(H,18,19);1H. The normalized spacial score (nSPS) is 31.8. The van der Waals surface area contributed by atoms with Crippen LogP contribution in [0.25, 0.3) is 0 Å². The van der Waals surface area contributed by atoms with E-state index in [-0.39, 0.29) is 29.8 Å². The lowest BCUT2D eigenvalue weighted by molar-refractivity contribution is -0.170. The van der Waals surface area contributed by atoms with Crippen molar-refractivity contribution >= 4 is 18.3 Å². The summed E-state index contributed by atoms with van der Waals surface area (Å²) in [6.45, 7) is 9.71. The van der Waals surface area contributed by atoms with E-state index in [4.69, 9.17) is 10.5 Å². The molecule has 0 aromatic rings. The van der Waals surface area contributed by atoms with E-state index in [9.17, 15) is 4.79 Å². The van der Waals surface area contributed by atoms with Gasteiger partial charge < -0.3 is 15.8 Å². The number of hydrogen-bond acceptors (Lipinski definition) is 3. The van der Waals surface area contributed by atoms with E-state index in [2.05, 4.69) is 12.2 Å². The number of hydrogen-bond donors (Lipinski definition) is 2. The summed E-state index contributed by atoms with van der Waals surface area (Å²) in [6.07, 6.45) is 5.58. The zero-order chi connectivity index (χ0) is 15.0. The summed E-state index contributed by atoms with van der Waals surface area (Å²) >= 11 is 0. The van der Waals surface area contributed by atoms with E-state index in [1.807, 2.05) is 20.8 Å². The van der Waals surface area contributed by atoms with Crippen molar-refractivity contribution in [1.29, 1.82) is 0 Å². The van der Waals surface area contributed by atoms with E-state index in [0.29, 0.717) is 18.4 Å². The smallest absolute Gasteiger partial charge is 0.240 e. The van der Waals surface area contributed by atoms with Gasteiger partial charge in [-0.05, 0) is 31.6 Å². The molecule has 0 spiro atoms. The van der Waals surface area contributed by atoms with E-state index in [1.54, 1.807) is 0 Å². The summed E-state index contributed by atoms with van der Waals surface area (Å²) in [5.41, 5.74) is 5.67. The monoisotopic (exact) mass is 318 g/mol. The maximum Gasteiger partial charge on any atom is 0.240 e. The third-order valence-corrected chi connectivity index (χ3v) is 5.60. The van der Waals surface area contributed by atoms with Crippen LogP contribution in [0.5, 0.6) is 0 Å². The number of halogens is 1. The van der Waals surface area contributed by atoms with Gasteiger partial charge in [0.05, 0.1) is 6.10 Å². The van der Waals surface area contributed by atoms with Crippen molar-refractivity contribution in [3.63, 3.8) is 0 Å². The summed E-state index contributed by atoms with van der Waals surface area (Å²) in [6, 6.07) is 0. The lowest BCUT2D eigenvalue weighted by Gasteiger charge is -2.57. The first-order chi connectivity index (χ1) is 9.31. The number of carbonyl (C=O) groups is 1. The number of amides is 1. The molecule has 4 nitrogen and oxygen atoms in total. The second-order valence-corrected chi connectivity index (χ2v) is 7.27. The van der Waals surface area contributed by atoms with E-state index in [0.717, 1.165) is 6.54 Å². The van der Waals surface area contributed by atoms with Crippen molar-refractivity contribution in [2.75, 3.05) is 13.2 Å². The maximum absolute atomic E-state index is 12.5. The van der Waals surface area contributed by atoms with Crippen molar-refractivity contribution in [2.24, 2.45) is 16.6 Å². The van der Waals surface area contributed by atoms with Gasteiger partial charge in [-0.3, -0.25) is 4.79 Å². The minimum Gasteiger partial charge on any atom is -0.378 e. The lowest BCUT2D eigenvalue weighted by Crippen LogP contribution is -2.76. The third-order valence-electron chi connectivity index (χ3n) is 5.60. The summed E-state index contributed by atoms with van der Waals surface area (Å²) in [5, 5.41) is 3.11. The average molecular weight is 319 g/mol. The first-order valence-electron chi connectivity index (χ1n) is 8.00. The molecule has 1 amide bonds. The zero-order valence-electron chi connectivity index (χ0n) is 13.8. The second-order valence-electron chi connectivity index (χ2n) is 7.27. The molecule has 2 aliphatic rings. The molecular formula is C16H31ClN2O2. The molecule has 0 aromatic carbocycles. The van der Waals surface area contributed by atoms with E-state index >= 15 is 0 Å². The van der Waals surface area contributed by atoms with Gasteiger partial charge in [0, 0.05) is 25.0 Å². The molecule has 0 aromatic heterocycles. The maximum atomic E-state index is 12.5. The highest BCUT2D eigenvalue weighted by atomic mass is 35.5. The van der Waals surface area contributed by atoms with Gasteiger partial charge in [-0.25, -0.2) is 0 Å². The number of rotatable bonds is 7. The van der Waals surface area contributed by atoms with Crippen LogP contribution in [0.2, 0.25) is 0 Å². The molecule has 0 radical (unpaired) electrons. The highest BCUT2D eigenvalue weighted by Gasteiger charge is 2.63. The van der Waals surface area contributed by atoms with Gasteiger partial charge in [0.1, 0.15) is 5.54 Å². The van der Waals surface area contributed by atoms with Crippen LogP contribution >= 0.6 is 12.4 Å². The van der Waals surface area contributed by atoms with Crippen molar-refractivity contribution < 1.29 is 9.53 Å². The molecule has 124 valence electrons. The fraction of sp³-hybridized carbons (Fsp3) is 0.938. The summed E-state index contributed by atoms with van der Waals surface area (Å²) < 4.78 is 5.68. The van der Waals surface area contributed by atoms with E-state index in [1.165, 1.54) is 25.7 Å². The molecule has 0 saturated heterocycles. The van der Waals surface area contributed by atoms with Gasteiger partial charge in [0.2, 0.25) is 5.91 Å². The van der Waals surface area contributed by atoms with Crippen LogP contribution in [0.4, 0.5) is 0 Å². The Bertz CT molecular complexity index is 382. The number of nitrogens with one attached hydrogen (secondary N) is 1. The summed E-state index contributed by atoms with van der Waals surface area (Å²) in [5.74, 6) is 0.000770. The molecule has 2 atom stereocenters. The Labute approximate surface area is 135 Å². The molecule has 2 aliphatic carbocycles. The minimum absolute atomic E-state index is 0. The topological polar surface area (TPSA) is 64.4 Å². The van der Waals surface area contributed by atoms with Crippen LogP contribution in [-0.2, 0) is 9.53 Å². The largest absolute Gasteiger partial charge is 0.378 e. The van der Waals surface area contributed by atoms with Crippen molar-refractivity contribution in [1.82, 2.24) is 5.32 Å². The Hall–Kier alpha value is -0.320. The Morgan fingerprint density at radius 3 is 2.38 bits per heavy atom. The van der Waals surface area contributed by atoms with Gasteiger partial charge in [-0.1, -0.05) is 27.2 Å². The molecule has 0 heterocycles. The van der Waals surface area contributed by atoms with Gasteiger partial charge in [0.25, 0.3) is 0 Å². The van der Waals surface area contributed by atoms with Crippen LogP contribution in [-0.4, -0.2) is 30.7 Å².